The summed E-state index contributed by atoms with van der Waals surface area (Å²) in [6.45, 7) is 1.98. The van der Waals surface area contributed by atoms with Gasteiger partial charge in [-0.1, -0.05) is 47.5 Å². The minimum Gasteiger partial charge on any atom is -0.495 e. The molecule has 170 valence electrons. The summed E-state index contributed by atoms with van der Waals surface area (Å²) in [5.41, 5.74) is 2.13. The average molecular weight is 510 g/mol. The number of carbonyl (C=O) groups is 2. The molecule has 0 bridgehead atoms. The maximum atomic E-state index is 13.4. The average Bonchev–Trinajstić information content (AvgIpc) is 3.36. The monoisotopic (exact) mass is 509 g/mol. The highest BCUT2D eigenvalue weighted by Crippen LogP contribution is 2.38. The number of amides is 1. The predicted octanol–water partition coefficient (Wildman–Crippen LogP) is 7.75. The van der Waals surface area contributed by atoms with E-state index < -0.39 is 11.7 Å². The molecule has 3 aromatic carbocycles. The van der Waals surface area contributed by atoms with Crippen LogP contribution >= 0.6 is 34.5 Å². The van der Waals surface area contributed by atoms with Crippen LogP contribution in [0.2, 0.25) is 10.0 Å². The minimum atomic E-state index is -0.422. The molecule has 1 N–H and O–H groups in total. The number of furan rings is 1. The van der Waals surface area contributed by atoms with Gasteiger partial charge in [-0.15, -0.1) is 11.3 Å². The van der Waals surface area contributed by atoms with Gasteiger partial charge in [-0.05, 0) is 48.9 Å². The molecule has 34 heavy (non-hydrogen) atoms. The Bertz CT molecular complexity index is 1600. The lowest BCUT2D eigenvalue weighted by Crippen LogP contribution is -2.13. The van der Waals surface area contributed by atoms with Crippen molar-refractivity contribution in [1.82, 2.24) is 0 Å². The first kappa shape index (κ1) is 22.5. The maximum absolute atomic E-state index is 13.4. The van der Waals surface area contributed by atoms with Gasteiger partial charge in [0.05, 0.1) is 22.8 Å². The van der Waals surface area contributed by atoms with Gasteiger partial charge in [-0.3, -0.25) is 9.59 Å². The summed E-state index contributed by atoms with van der Waals surface area (Å²) in [5, 5.41) is 4.95. The number of aryl methyl sites for hydroxylation is 1. The Labute approximate surface area is 208 Å². The molecule has 0 spiro atoms. The lowest BCUT2D eigenvalue weighted by Gasteiger charge is -2.07. The number of thiophene rings is 1. The van der Waals surface area contributed by atoms with Crippen LogP contribution in [0.3, 0.4) is 0 Å². The van der Waals surface area contributed by atoms with E-state index in [1.807, 2.05) is 25.1 Å². The van der Waals surface area contributed by atoms with E-state index in [0.717, 1.165) is 15.6 Å². The first-order valence-electron chi connectivity index (χ1n) is 10.3. The molecule has 0 saturated heterocycles. The Balaban J connectivity index is 1.58. The second-order valence-electron chi connectivity index (χ2n) is 7.68. The summed E-state index contributed by atoms with van der Waals surface area (Å²) < 4.78 is 12.0. The van der Waals surface area contributed by atoms with Gasteiger partial charge < -0.3 is 14.5 Å². The van der Waals surface area contributed by atoms with Crippen molar-refractivity contribution in [2.75, 3.05) is 12.4 Å². The van der Waals surface area contributed by atoms with Crippen molar-refractivity contribution in [2.45, 2.75) is 6.92 Å². The van der Waals surface area contributed by atoms with Crippen molar-refractivity contribution in [3.63, 3.8) is 0 Å². The number of fused-ring (bicyclic) bond motifs is 2. The van der Waals surface area contributed by atoms with Gasteiger partial charge in [-0.2, -0.15) is 0 Å². The number of methoxy groups -OCH3 is 1. The van der Waals surface area contributed by atoms with Crippen molar-refractivity contribution in [3.05, 3.63) is 92.5 Å². The number of halogens is 2. The number of hydrogen-bond donors (Lipinski definition) is 1. The Hall–Kier alpha value is -3.32. The zero-order valence-corrected chi connectivity index (χ0v) is 20.4. The molecule has 0 radical (unpaired) electrons. The summed E-state index contributed by atoms with van der Waals surface area (Å²) >= 11 is 14.1. The summed E-state index contributed by atoms with van der Waals surface area (Å²) in [6.07, 6.45) is 0. The van der Waals surface area contributed by atoms with Gasteiger partial charge in [0.15, 0.2) is 5.76 Å². The highest BCUT2D eigenvalue weighted by atomic mass is 35.5. The molecular weight excluding hydrogens is 493 g/mol. The van der Waals surface area contributed by atoms with Crippen LogP contribution in [0.5, 0.6) is 5.75 Å². The molecule has 5 nitrogen and oxygen atoms in total. The molecule has 0 unspecified atom stereocenters. The molecular formula is C26H17Cl2NO4S. The molecule has 5 aromatic rings. The topological polar surface area (TPSA) is 68.5 Å². The fourth-order valence-corrected chi connectivity index (χ4v) is 5.53. The lowest BCUT2D eigenvalue weighted by atomic mass is 10.1. The van der Waals surface area contributed by atoms with Crippen LogP contribution in [0.4, 0.5) is 5.69 Å². The number of ketones is 1. The maximum Gasteiger partial charge on any atom is 0.267 e. The second-order valence-corrected chi connectivity index (χ2v) is 9.52. The van der Waals surface area contributed by atoms with E-state index in [-0.39, 0.29) is 11.4 Å². The number of carbonyl (C=O) groups excluding carboxylic acids is 2. The zero-order chi connectivity index (χ0) is 24.0. The Morgan fingerprint density at radius 2 is 1.79 bits per heavy atom. The van der Waals surface area contributed by atoms with Crippen LogP contribution in [-0.2, 0) is 0 Å². The molecule has 8 heteroatoms. The van der Waals surface area contributed by atoms with Gasteiger partial charge in [0.25, 0.3) is 5.91 Å². The summed E-state index contributed by atoms with van der Waals surface area (Å²) in [6, 6.07) is 17.7. The normalized spacial score (nSPS) is 11.2. The highest BCUT2D eigenvalue weighted by Gasteiger charge is 2.26. The van der Waals surface area contributed by atoms with Crippen LogP contribution in [0, 0.1) is 6.92 Å². The van der Waals surface area contributed by atoms with Crippen LogP contribution in [-0.4, -0.2) is 18.8 Å². The molecule has 1 amide bonds. The first-order chi connectivity index (χ1) is 16.4. The zero-order valence-electron chi connectivity index (χ0n) is 18.1. The van der Waals surface area contributed by atoms with Crippen LogP contribution in [0.1, 0.15) is 31.4 Å². The minimum absolute atomic E-state index is 0.00358. The lowest BCUT2D eigenvalue weighted by molar-refractivity contribution is 0.101. The number of hydrogen-bond acceptors (Lipinski definition) is 5. The van der Waals surface area contributed by atoms with E-state index in [4.69, 9.17) is 32.4 Å². The largest absolute Gasteiger partial charge is 0.495 e. The standard InChI is InChI=1S/C26H17Cl2NO4S/c1-13-7-9-16-20(11-13)34-25(21(16)28)26(31)29-22-15-5-3-4-6-18(15)33-24(22)23(30)14-8-10-19(32-2)17(27)12-14/h3-12H,1-2H3,(H,29,31). The smallest absolute Gasteiger partial charge is 0.267 e. The third-order valence-electron chi connectivity index (χ3n) is 5.45. The highest BCUT2D eigenvalue weighted by molar-refractivity contribution is 7.21. The number of nitrogens with one attached hydrogen (secondary N) is 1. The van der Waals surface area contributed by atoms with Crippen molar-refractivity contribution < 1.29 is 18.7 Å². The van der Waals surface area contributed by atoms with Crippen LogP contribution < -0.4 is 10.1 Å². The third-order valence-corrected chi connectivity index (χ3v) is 7.40. The van der Waals surface area contributed by atoms with Gasteiger partial charge in [-0.25, -0.2) is 0 Å². The SMILES string of the molecule is COc1ccc(C(=O)c2oc3ccccc3c2NC(=O)c2sc3cc(C)ccc3c2Cl)cc1Cl. The predicted molar refractivity (Wildman–Crippen MR) is 137 cm³/mol. The molecule has 0 aliphatic rings. The van der Waals surface area contributed by atoms with Crippen molar-refractivity contribution in [3.8, 4) is 5.75 Å². The van der Waals surface area contributed by atoms with Crippen molar-refractivity contribution in [1.29, 1.82) is 0 Å². The van der Waals surface area contributed by atoms with Gasteiger partial charge in [0, 0.05) is 21.0 Å². The van der Waals surface area contributed by atoms with Crippen molar-refractivity contribution >= 4 is 73.0 Å². The number of rotatable bonds is 5. The molecule has 0 aliphatic carbocycles. The summed E-state index contributed by atoms with van der Waals surface area (Å²) in [4.78, 5) is 27.0. The van der Waals surface area contributed by atoms with E-state index in [2.05, 4.69) is 5.32 Å². The molecule has 5 rings (SSSR count). The molecule has 0 aliphatic heterocycles. The number of anilines is 1. The van der Waals surface area contributed by atoms with Gasteiger partial charge in [0.2, 0.25) is 5.78 Å². The fraction of sp³-hybridized carbons (Fsp3) is 0.0769. The number of para-hydroxylation sites is 1. The van der Waals surface area contributed by atoms with Crippen molar-refractivity contribution in [2.24, 2.45) is 0 Å². The van der Waals surface area contributed by atoms with Gasteiger partial charge >= 0.3 is 0 Å². The van der Waals surface area contributed by atoms with E-state index in [9.17, 15) is 9.59 Å². The number of ether oxygens (including phenoxy) is 1. The first-order valence-corrected chi connectivity index (χ1v) is 11.8. The Morgan fingerprint density at radius 1 is 1.00 bits per heavy atom. The molecule has 0 atom stereocenters. The molecule has 0 saturated carbocycles. The van der Waals surface area contributed by atoms with Crippen LogP contribution in [0.25, 0.3) is 21.1 Å². The molecule has 2 heterocycles. The van der Waals surface area contributed by atoms with Crippen LogP contribution in [0.15, 0.2) is 65.1 Å². The summed E-state index contributed by atoms with van der Waals surface area (Å²) in [7, 11) is 1.50. The third kappa shape index (κ3) is 3.84. The van der Waals surface area contributed by atoms with E-state index in [1.165, 1.54) is 24.5 Å². The summed E-state index contributed by atoms with van der Waals surface area (Å²) in [5.74, 6) is -0.388. The Kier molecular flexibility index (Phi) is 5.81. The molecule has 2 aromatic heterocycles. The number of benzene rings is 3. The quantitative estimate of drug-likeness (QED) is 0.246. The van der Waals surface area contributed by atoms with E-state index in [1.54, 1.807) is 36.4 Å². The fourth-order valence-electron chi connectivity index (χ4n) is 3.76. The van der Waals surface area contributed by atoms with E-state index >= 15 is 0 Å². The van der Waals surface area contributed by atoms with E-state index in [0.29, 0.717) is 37.2 Å². The van der Waals surface area contributed by atoms with Gasteiger partial charge in [0.1, 0.15) is 16.2 Å². The second kappa shape index (κ2) is 8.80. The molecule has 0 fully saturated rings. The Morgan fingerprint density at radius 3 is 2.56 bits per heavy atom.